The van der Waals surface area contributed by atoms with Crippen LogP contribution in [0.3, 0.4) is 0 Å². The Morgan fingerprint density at radius 2 is 1.81 bits per heavy atom. The maximum atomic E-state index is 13.5. The van der Waals surface area contributed by atoms with Crippen molar-refractivity contribution < 1.29 is 23.8 Å². The number of rotatable bonds is 6. The summed E-state index contributed by atoms with van der Waals surface area (Å²) in [6.07, 6.45) is 3.96. The van der Waals surface area contributed by atoms with Crippen LogP contribution in [-0.4, -0.2) is 28.4 Å². The van der Waals surface area contributed by atoms with E-state index in [4.69, 9.17) is 4.74 Å². The normalized spacial score (nSPS) is 17.6. The first-order valence-electron chi connectivity index (χ1n) is 10.2. The molecule has 0 bridgehead atoms. The van der Waals surface area contributed by atoms with Gasteiger partial charge in [0.2, 0.25) is 0 Å². The fourth-order valence-electron chi connectivity index (χ4n) is 3.64. The quantitative estimate of drug-likeness (QED) is 0.349. The molecule has 0 spiro atoms. The average Bonchev–Trinajstić information content (AvgIpc) is 3.09. The van der Waals surface area contributed by atoms with Crippen LogP contribution in [0.15, 0.2) is 78.6 Å². The molecule has 162 valence electrons. The highest BCUT2D eigenvalue weighted by Gasteiger charge is 2.47. The Morgan fingerprint density at radius 3 is 2.44 bits per heavy atom. The SMILES string of the molecule is CCCOc1ccc(/C(O)=C2/C(=O)C(=O)N(c3ccc(F)cc3)C2c2cccnc2)cc1. The zero-order valence-electron chi connectivity index (χ0n) is 17.4. The number of carbonyl (C=O) groups excluding carboxylic acids is 2. The van der Waals surface area contributed by atoms with Crippen molar-refractivity contribution in [3.63, 3.8) is 0 Å². The summed E-state index contributed by atoms with van der Waals surface area (Å²) < 4.78 is 19.0. The van der Waals surface area contributed by atoms with E-state index in [0.29, 0.717) is 29.2 Å². The molecule has 32 heavy (non-hydrogen) atoms. The van der Waals surface area contributed by atoms with Gasteiger partial charge in [0.15, 0.2) is 0 Å². The highest BCUT2D eigenvalue weighted by molar-refractivity contribution is 6.51. The number of ketones is 1. The Kier molecular flexibility index (Phi) is 5.98. The van der Waals surface area contributed by atoms with Crippen LogP contribution in [0.2, 0.25) is 0 Å². The van der Waals surface area contributed by atoms with E-state index in [9.17, 15) is 19.1 Å². The fourth-order valence-corrected chi connectivity index (χ4v) is 3.64. The third-order valence-electron chi connectivity index (χ3n) is 5.15. The van der Waals surface area contributed by atoms with Crippen LogP contribution in [-0.2, 0) is 9.59 Å². The lowest BCUT2D eigenvalue weighted by molar-refractivity contribution is -0.132. The van der Waals surface area contributed by atoms with Crippen LogP contribution in [0.4, 0.5) is 10.1 Å². The molecular formula is C25H21FN2O4. The van der Waals surface area contributed by atoms with E-state index < -0.39 is 23.5 Å². The van der Waals surface area contributed by atoms with E-state index in [1.807, 2.05) is 6.92 Å². The molecular weight excluding hydrogens is 411 g/mol. The van der Waals surface area contributed by atoms with E-state index in [1.54, 1.807) is 42.6 Å². The molecule has 0 saturated carbocycles. The van der Waals surface area contributed by atoms with Crippen LogP contribution in [0.25, 0.3) is 5.76 Å². The lowest BCUT2D eigenvalue weighted by atomic mass is 9.96. The Balaban J connectivity index is 1.82. The van der Waals surface area contributed by atoms with Crippen molar-refractivity contribution in [2.75, 3.05) is 11.5 Å². The topological polar surface area (TPSA) is 79.7 Å². The first-order valence-corrected chi connectivity index (χ1v) is 10.2. The number of carbonyl (C=O) groups is 2. The Bertz CT molecular complexity index is 1160. The summed E-state index contributed by atoms with van der Waals surface area (Å²) in [7, 11) is 0. The third kappa shape index (κ3) is 3.97. The summed E-state index contributed by atoms with van der Waals surface area (Å²) in [5.41, 5.74) is 1.19. The molecule has 1 amide bonds. The molecule has 2 heterocycles. The highest BCUT2D eigenvalue weighted by Crippen LogP contribution is 2.42. The van der Waals surface area contributed by atoms with E-state index in [-0.39, 0.29) is 11.3 Å². The maximum Gasteiger partial charge on any atom is 0.300 e. The second kappa shape index (κ2) is 9.01. The highest BCUT2D eigenvalue weighted by atomic mass is 19.1. The van der Waals surface area contributed by atoms with Gasteiger partial charge in [0.1, 0.15) is 17.3 Å². The summed E-state index contributed by atoms with van der Waals surface area (Å²) in [6, 6.07) is 14.4. The minimum Gasteiger partial charge on any atom is -0.507 e. The Morgan fingerprint density at radius 1 is 1.09 bits per heavy atom. The molecule has 0 aliphatic carbocycles. The van der Waals surface area contributed by atoms with E-state index >= 15 is 0 Å². The van der Waals surface area contributed by atoms with Crippen molar-refractivity contribution in [3.05, 3.63) is 95.6 Å². The second-order valence-electron chi connectivity index (χ2n) is 7.30. The number of anilines is 1. The average molecular weight is 432 g/mol. The maximum absolute atomic E-state index is 13.5. The largest absolute Gasteiger partial charge is 0.507 e. The van der Waals surface area contributed by atoms with Gasteiger partial charge in [-0.05, 0) is 66.6 Å². The molecule has 1 N–H and O–H groups in total. The molecule has 7 heteroatoms. The van der Waals surface area contributed by atoms with Gasteiger partial charge in [-0.2, -0.15) is 0 Å². The molecule has 2 aromatic carbocycles. The molecule has 3 aromatic rings. The molecule has 1 fully saturated rings. The zero-order chi connectivity index (χ0) is 22.7. The molecule has 0 radical (unpaired) electrons. The Labute approximate surface area is 184 Å². The number of hydrogen-bond donors (Lipinski definition) is 1. The minimum absolute atomic E-state index is 0.0606. The molecule has 1 saturated heterocycles. The van der Waals surface area contributed by atoms with Crippen molar-refractivity contribution >= 4 is 23.1 Å². The molecule has 6 nitrogen and oxygen atoms in total. The predicted octanol–water partition coefficient (Wildman–Crippen LogP) is 4.64. The smallest absolute Gasteiger partial charge is 0.300 e. The standard InChI is InChI=1S/C25H21FN2O4/c1-2-14-32-20-11-5-16(6-12-20)23(29)21-22(17-4-3-13-27-15-17)28(25(31)24(21)30)19-9-7-18(26)8-10-19/h3-13,15,22,29H,2,14H2,1H3/b23-21-. The van der Waals surface area contributed by atoms with Gasteiger partial charge in [-0.1, -0.05) is 13.0 Å². The molecule has 1 atom stereocenters. The van der Waals surface area contributed by atoms with Crippen molar-refractivity contribution in [1.29, 1.82) is 0 Å². The van der Waals surface area contributed by atoms with Crippen molar-refractivity contribution in [3.8, 4) is 5.75 Å². The number of pyridine rings is 1. The van der Waals surface area contributed by atoms with Gasteiger partial charge in [0.05, 0.1) is 18.2 Å². The summed E-state index contributed by atoms with van der Waals surface area (Å²) >= 11 is 0. The number of aliphatic hydroxyl groups excluding tert-OH is 1. The first kappa shape index (κ1) is 21.2. The number of amides is 1. The van der Waals surface area contributed by atoms with Crippen LogP contribution in [0, 0.1) is 5.82 Å². The van der Waals surface area contributed by atoms with E-state index in [0.717, 1.165) is 6.42 Å². The van der Waals surface area contributed by atoms with Crippen LogP contribution in [0.1, 0.15) is 30.5 Å². The van der Waals surface area contributed by atoms with Gasteiger partial charge >= 0.3 is 0 Å². The number of benzene rings is 2. The molecule has 1 unspecified atom stereocenters. The van der Waals surface area contributed by atoms with E-state index in [1.165, 1.54) is 35.4 Å². The van der Waals surface area contributed by atoms with Gasteiger partial charge in [0.25, 0.3) is 11.7 Å². The number of ether oxygens (including phenoxy) is 1. The number of aliphatic hydroxyl groups is 1. The number of nitrogens with zero attached hydrogens (tertiary/aromatic N) is 2. The van der Waals surface area contributed by atoms with Gasteiger partial charge < -0.3 is 9.84 Å². The number of Topliss-reactive ketones (excluding diaryl/α,β-unsaturated/α-hetero) is 1. The predicted molar refractivity (Wildman–Crippen MR) is 118 cm³/mol. The van der Waals surface area contributed by atoms with Crippen LogP contribution < -0.4 is 9.64 Å². The number of hydrogen-bond acceptors (Lipinski definition) is 5. The van der Waals surface area contributed by atoms with Crippen LogP contribution >= 0.6 is 0 Å². The minimum atomic E-state index is -0.912. The zero-order valence-corrected chi connectivity index (χ0v) is 17.4. The van der Waals surface area contributed by atoms with Crippen molar-refractivity contribution in [1.82, 2.24) is 4.98 Å². The summed E-state index contributed by atoms with van der Waals surface area (Å²) in [5.74, 6) is -1.77. The number of halogens is 1. The van der Waals surface area contributed by atoms with Crippen molar-refractivity contribution in [2.45, 2.75) is 19.4 Å². The summed E-state index contributed by atoms with van der Waals surface area (Å²) in [6.45, 7) is 2.56. The monoisotopic (exact) mass is 432 g/mol. The third-order valence-corrected chi connectivity index (χ3v) is 5.15. The fraction of sp³-hybridized carbons (Fsp3) is 0.160. The molecule has 1 aliphatic heterocycles. The lowest BCUT2D eigenvalue weighted by Gasteiger charge is -2.25. The number of aromatic nitrogens is 1. The van der Waals surface area contributed by atoms with Gasteiger partial charge in [0, 0.05) is 23.6 Å². The molecule has 4 rings (SSSR count). The van der Waals surface area contributed by atoms with Gasteiger partial charge in [-0.3, -0.25) is 19.5 Å². The van der Waals surface area contributed by atoms with Crippen molar-refractivity contribution in [2.24, 2.45) is 0 Å². The lowest BCUT2D eigenvalue weighted by Crippen LogP contribution is -2.29. The van der Waals surface area contributed by atoms with E-state index in [2.05, 4.69) is 4.98 Å². The first-order chi connectivity index (χ1) is 15.5. The molecule has 1 aliphatic rings. The van der Waals surface area contributed by atoms with Gasteiger partial charge in [-0.25, -0.2) is 4.39 Å². The Hall–Kier alpha value is -4.00. The van der Waals surface area contributed by atoms with Crippen LogP contribution in [0.5, 0.6) is 5.75 Å². The summed E-state index contributed by atoms with van der Waals surface area (Å²) in [4.78, 5) is 31.4. The molecule has 1 aromatic heterocycles. The summed E-state index contributed by atoms with van der Waals surface area (Å²) in [5, 5.41) is 11.1. The van der Waals surface area contributed by atoms with Gasteiger partial charge in [-0.15, -0.1) is 0 Å². The second-order valence-corrected chi connectivity index (χ2v) is 7.30.